The Morgan fingerprint density at radius 2 is 2.10 bits per heavy atom. The minimum atomic E-state index is -0.205. The van der Waals surface area contributed by atoms with Crippen LogP contribution in [0.15, 0.2) is 24.3 Å². The molecule has 106 valence electrons. The Bertz CT molecular complexity index is 541. The van der Waals surface area contributed by atoms with Crippen LogP contribution in [0, 0.1) is 17.8 Å². The third-order valence-electron chi connectivity index (χ3n) is 5.12. The molecule has 1 aliphatic carbocycles. The monoisotopic (exact) mass is 273 g/mol. The molecule has 1 aromatic rings. The van der Waals surface area contributed by atoms with Crippen LogP contribution in [0.1, 0.15) is 25.1 Å². The van der Waals surface area contributed by atoms with E-state index in [1.54, 1.807) is 7.11 Å². The van der Waals surface area contributed by atoms with E-state index in [9.17, 15) is 4.79 Å². The second-order valence-electron chi connectivity index (χ2n) is 5.95. The second-order valence-corrected chi connectivity index (χ2v) is 5.95. The number of benzene rings is 1. The van der Waals surface area contributed by atoms with Crippen LogP contribution in [0.3, 0.4) is 0 Å². The standard InChI is InChI=1S/C16H19NO3/c1-3-11-13-12-8-20-16(17(12)15(18)14(11)13)9-4-6-10(19-2)7-5-9/h4-7,11-14,16H,3,8H2,1-2H3/t11-,12-,13-,14-,16-/m1/s1. The number of carbonyl (C=O) groups excluding carboxylic acids is 1. The maximum Gasteiger partial charge on any atom is 0.228 e. The van der Waals surface area contributed by atoms with Gasteiger partial charge < -0.3 is 14.4 Å². The Balaban J connectivity index is 1.58. The molecule has 0 unspecified atom stereocenters. The lowest BCUT2D eigenvalue weighted by atomic mass is 10.1. The molecule has 2 heterocycles. The van der Waals surface area contributed by atoms with Crippen LogP contribution in [-0.2, 0) is 9.53 Å². The van der Waals surface area contributed by atoms with Crippen molar-refractivity contribution in [2.24, 2.45) is 17.8 Å². The summed E-state index contributed by atoms with van der Waals surface area (Å²) in [5.41, 5.74) is 1.04. The third-order valence-corrected chi connectivity index (χ3v) is 5.12. The van der Waals surface area contributed by atoms with Crippen molar-refractivity contribution < 1.29 is 14.3 Å². The van der Waals surface area contributed by atoms with Crippen molar-refractivity contribution >= 4 is 5.91 Å². The number of hydrogen-bond donors (Lipinski definition) is 0. The Labute approximate surface area is 118 Å². The highest BCUT2D eigenvalue weighted by Gasteiger charge is 2.68. The Kier molecular flexibility index (Phi) is 2.58. The predicted octanol–water partition coefficient (Wildman–Crippen LogP) is 2.21. The van der Waals surface area contributed by atoms with Gasteiger partial charge in [0.1, 0.15) is 5.75 Å². The van der Waals surface area contributed by atoms with E-state index in [4.69, 9.17) is 9.47 Å². The molecule has 4 heteroatoms. The lowest BCUT2D eigenvalue weighted by Gasteiger charge is -2.26. The molecule has 0 radical (unpaired) electrons. The largest absolute Gasteiger partial charge is 0.497 e. The topological polar surface area (TPSA) is 38.8 Å². The fourth-order valence-corrected chi connectivity index (χ4v) is 4.10. The summed E-state index contributed by atoms with van der Waals surface area (Å²) in [6.45, 7) is 2.86. The molecule has 4 rings (SSSR count). The molecule has 1 aromatic carbocycles. The van der Waals surface area contributed by atoms with Crippen LogP contribution in [0.4, 0.5) is 0 Å². The summed E-state index contributed by atoms with van der Waals surface area (Å²) in [7, 11) is 1.65. The number of hydrogen-bond acceptors (Lipinski definition) is 3. The van der Waals surface area contributed by atoms with Gasteiger partial charge in [-0.25, -0.2) is 0 Å². The van der Waals surface area contributed by atoms with Crippen LogP contribution < -0.4 is 4.74 Å². The number of carbonyl (C=O) groups is 1. The van der Waals surface area contributed by atoms with E-state index < -0.39 is 0 Å². The fourth-order valence-electron chi connectivity index (χ4n) is 4.10. The van der Waals surface area contributed by atoms with Crippen molar-refractivity contribution in [1.29, 1.82) is 0 Å². The van der Waals surface area contributed by atoms with Crippen molar-refractivity contribution in [3.8, 4) is 5.75 Å². The maximum absolute atomic E-state index is 12.5. The number of amides is 1. The smallest absolute Gasteiger partial charge is 0.228 e. The van der Waals surface area contributed by atoms with Gasteiger partial charge >= 0.3 is 0 Å². The van der Waals surface area contributed by atoms with Crippen molar-refractivity contribution in [2.45, 2.75) is 25.6 Å². The van der Waals surface area contributed by atoms with E-state index in [1.165, 1.54) is 0 Å². The summed E-state index contributed by atoms with van der Waals surface area (Å²) in [6, 6.07) is 8.11. The van der Waals surface area contributed by atoms with Crippen molar-refractivity contribution in [3.05, 3.63) is 29.8 Å². The second kappa shape index (κ2) is 4.22. The molecule has 20 heavy (non-hydrogen) atoms. The lowest BCUT2D eigenvalue weighted by molar-refractivity contribution is -0.137. The van der Waals surface area contributed by atoms with Gasteiger partial charge in [-0.05, 0) is 24.0 Å². The van der Waals surface area contributed by atoms with Crippen molar-refractivity contribution in [2.75, 3.05) is 13.7 Å². The number of methoxy groups -OCH3 is 1. The molecule has 1 amide bonds. The molecule has 4 nitrogen and oxygen atoms in total. The molecule has 0 aromatic heterocycles. The highest BCUT2D eigenvalue weighted by molar-refractivity contribution is 5.86. The zero-order chi connectivity index (χ0) is 13.9. The minimum absolute atomic E-state index is 0.205. The predicted molar refractivity (Wildman–Crippen MR) is 73.1 cm³/mol. The van der Waals surface area contributed by atoms with E-state index in [-0.39, 0.29) is 12.1 Å². The normalized spacial score (nSPS) is 37.8. The summed E-state index contributed by atoms with van der Waals surface area (Å²) >= 11 is 0. The highest BCUT2D eigenvalue weighted by Crippen LogP contribution is 2.61. The molecule has 2 saturated heterocycles. The molecule has 3 fully saturated rings. The molecule has 5 atom stereocenters. The first-order valence-electron chi connectivity index (χ1n) is 7.34. The summed E-state index contributed by atoms with van der Waals surface area (Å²) < 4.78 is 11.1. The van der Waals surface area contributed by atoms with Crippen LogP contribution in [0.25, 0.3) is 0 Å². The van der Waals surface area contributed by atoms with Gasteiger partial charge in [-0.15, -0.1) is 0 Å². The first kappa shape index (κ1) is 12.2. The van der Waals surface area contributed by atoms with Gasteiger partial charge in [-0.2, -0.15) is 0 Å². The summed E-state index contributed by atoms with van der Waals surface area (Å²) in [4.78, 5) is 14.5. The summed E-state index contributed by atoms with van der Waals surface area (Å²) in [5, 5.41) is 0. The summed E-state index contributed by atoms with van der Waals surface area (Å²) in [5.74, 6) is 2.53. The average molecular weight is 273 g/mol. The van der Waals surface area contributed by atoms with E-state index >= 15 is 0 Å². The van der Waals surface area contributed by atoms with Gasteiger partial charge in [0.2, 0.25) is 5.91 Å². The average Bonchev–Trinajstić information content (AvgIpc) is 2.93. The number of piperidine rings is 1. The van der Waals surface area contributed by atoms with Crippen LogP contribution in [0.2, 0.25) is 0 Å². The van der Waals surface area contributed by atoms with Gasteiger partial charge in [-0.3, -0.25) is 4.79 Å². The van der Waals surface area contributed by atoms with Crippen LogP contribution in [0.5, 0.6) is 5.75 Å². The van der Waals surface area contributed by atoms with E-state index in [2.05, 4.69) is 6.92 Å². The maximum atomic E-state index is 12.5. The Hall–Kier alpha value is -1.55. The van der Waals surface area contributed by atoms with Crippen molar-refractivity contribution in [1.82, 2.24) is 4.90 Å². The zero-order valence-electron chi connectivity index (χ0n) is 11.8. The van der Waals surface area contributed by atoms with Crippen LogP contribution in [-0.4, -0.2) is 30.6 Å². The summed E-state index contributed by atoms with van der Waals surface area (Å²) in [6.07, 6.45) is 0.905. The van der Waals surface area contributed by atoms with Gasteiger partial charge in [-0.1, -0.05) is 25.5 Å². The number of fused-ring (bicyclic) bond motifs is 3. The highest BCUT2D eigenvalue weighted by atomic mass is 16.5. The van der Waals surface area contributed by atoms with E-state index in [0.717, 1.165) is 17.7 Å². The molecule has 1 saturated carbocycles. The fraction of sp³-hybridized carbons (Fsp3) is 0.562. The molecule has 3 aliphatic rings. The third kappa shape index (κ3) is 1.48. The molecule has 0 bridgehead atoms. The number of nitrogens with zero attached hydrogens (tertiary/aromatic N) is 1. The lowest BCUT2D eigenvalue weighted by Crippen LogP contribution is -2.36. The molecular formula is C16H19NO3. The molecule has 0 N–H and O–H groups in total. The molecular weight excluding hydrogens is 254 g/mol. The zero-order valence-corrected chi connectivity index (χ0v) is 11.8. The number of ether oxygens (including phenoxy) is 2. The molecule has 0 spiro atoms. The minimum Gasteiger partial charge on any atom is -0.497 e. The van der Waals surface area contributed by atoms with Crippen LogP contribution >= 0.6 is 0 Å². The van der Waals surface area contributed by atoms with E-state index in [0.29, 0.717) is 30.4 Å². The van der Waals surface area contributed by atoms with Gasteiger partial charge in [0, 0.05) is 11.5 Å². The first-order valence-corrected chi connectivity index (χ1v) is 7.34. The SMILES string of the molecule is CC[C@H]1[C@H]2C(=O)N3[C@@H](c4ccc(OC)cc4)OC[C@@H]3[C@@H]12. The molecule has 2 aliphatic heterocycles. The van der Waals surface area contributed by atoms with E-state index in [1.807, 2.05) is 29.2 Å². The van der Waals surface area contributed by atoms with Crippen molar-refractivity contribution in [3.63, 3.8) is 0 Å². The quantitative estimate of drug-likeness (QED) is 0.847. The van der Waals surface area contributed by atoms with Gasteiger partial charge in [0.25, 0.3) is 0 Å². The Morgan fingerprint density at radius 1 is 1.35 bits per heavy atom. The van der Waals surface area contributed by atoms with Gasteiger partial charge in [0.05, 0.1) is 19.8 Å². The Morgan fingerprint density at radius 3 is 2.75 bits per heavy atom. The van der Waals surface area contributed by atoms with Gasteiger partial charge in [0.15, 0.2) is 6.23 Å². The first-order chi connectivity index (χ1) is 9.76. The number of rotatable bonds is 3.